The molecule has 0 aliphatic heterocycles. The Morgan fingerprint density at radius 3 is 2.17 bits per heavy atom. The lowest BCUT2D eigenvalue weighted by Crippen LogP contribution is -2.32. The van der Waals surface area contributed by atoms with Gasteiger partial charge in [-0.1, -0.05) is 38.8 Å². The molecule has 0 unspecified atom stereocenters. The lowest BCUT2D eigenvalue weighted by molar-refractivity contribution is -0.138. The third kappa shape index (κ3) is 6.75. The molecule has 0 fully saturated rings. The molecule has 6 heteroatoms. The Balaban J connectivity index is 2.47. The second kappa shape index (κ2) is 11.2. The summed E-state index contributed by atoms with van der Waals surface area (Å²) in [6.07, 6.45) is 6.11. The van der Waals surface area contributed by atoms with Crippen LogP contribution >= 0.6 is 15.9 Å². The van der Waals surface area contributed by atoms with Crippen molar-refractivity contribution in [2.24, 2.45) is 5.73 Å². The van der Waals surface area contributed by atoms with Gasteiger partial charge in [0.1, 0.15) is 23.3 Å². The van der Waals surface area contributed by atoms with E-state index >= 15 is 0 Å². The minimum absolute atomic E-state index is 0.160. The summed E-state index contributed by atoms with van der Waals surface area (Å²) in [7, 11) is 0. The van der Waals surface area contributed by atoms with Gasteiger partial charge in [0.15, 0.2) is 0 Å². The predicted molar refractivity (Wildman–Crippen MR) is 119 cm³/mol. The summed E-state index contributed by atoms with van der Waals surface area (Å²) in [5, 5.41) is 18.9. The van der Waals surface area contributed by atoms with Crippen molar-refractivity contribution in [2.75, 3.05) is 0 Å². The molecule has 0 radical (unpaired) electrons. The molecular formula is C23H30BrNO4. The van der Waals surface area contributed by atoms with Gasteiger partial charge in [0, 0.05) is 0 Å². The first-order valence-electron chi connectivity index (χ1n) is 10.1. The number of carboxylic acids is 1. The molecule has 0 heterocycles. The molecular weight excluding hydrogens is 434 g/mol. The number of aryl methyl sites for hydroxylation is 2. The number of hydrogen-bond donors (Lipinski definition) is 3. The zero-order chi connectivity index (χ0) is 21.4. The number of hydrogen-bond acceptors (Lipinski definition) is 4. The van der Waals surface area contributed by atoms with Gasteiger partial charge in [-0.05, 0) is 82.9 Å². The van der Waals surface area contributed by atoms with E-state index < -0.39 is 12.0 Å². The molecule has 2 aromatic rings. The van der Waals surface area contributed by atoms with E-state index in [1.165, 1.54) is 0 Å². The Hall–Kier alpha value is -2.05. The lowest BCUT2D eigenvalue weighted by Gasteiger charge is -2.19. The van der Waals surface area contributed by atoms with E-state index in [1.807, 2.05) is 12.1 Å². The average Bonchev–Trinajstić information content (AvgIpc) is 2.69. The van der Waals surface area contributed by atoms with E-state index in [0.717, 1.165) is 61.0 Å². The molecule has 1 atom stereocenters. The number of nitrogens with two attached hydrogens (primary N) is 1. The maximum Gasteiger partial charge on any atom is 0.320 e. The van der Waals surface area contributed by atoms with Gasteiger partial charge in [0.25, 0.3) is 0 Å². The van der Waals surface area contributed by atoms with Gasteiger partial charge >= 0.3 is 5.97 Å². The van der Waals surface area contributed by atoms with Gasteiger partial charge in [0.05, 0.1) is 4.47 Å². The minimum Gasteiger partial charge on any atom is -0.507 e. The summed E-state index contributed by atoms with van der Waals surface area (Å²) in [5.41, 5.74) is 8.84. The molecule has 29 heavy (non-hydrogen) atoms. The Bertz CT molecular complexity index is 809. The highest BCUT2D eigenvalue weighted by atomic mass is 79.9. The van der Waals surface area contributed by atoms with E-state index in [1.54, 1.807) is 18.2 Å². The first kappa shape index (κ1) is 23.2. The summed E-state index contributed by atoms with van der Waals surface area (Å²) in [6.45, 7) is 4.28. The maximum atomic E-state index is 11.2. The van der Waals surface area contributed by atoms with Crippen molar-refractivity contribution in [3.05, 3.63) is 51.5 Å². The summed E-state index contributed by atoms with van der Waals surface area (Å²) in [5.74, 6) is 0.634. The number of benzene rings is 2. The lowest BCUT2D eigenvalue weighted by atomic mass is 9.94. The number of aliphatic carboxylic acids is 1. The van der Waals surface area contributed by atoms with Crippen LogP contribution in [0.4, 0.5) is 0 Å². The number of carbonyl (C=O) groups is 1. The summed E-state index contributed by atoms with van der Waals surface area (Å²) in [4.78, 5) is 11.2. The van der Waals surface area contributed by atoms with E-state index in [2.05, 4.69) is 29.8 Å². The fourth-order valence-corrected chi connectivity index (χ4v) is 3.55. The molecule has 0 aliphatic rings. The summed E-state index contributed by atoms with van der Waals surface area (Å²) < 4.78 is 6.86. The number of rotatable bonds is 11. The molecule has 0 aliphatic carbocycles. The average molecular weight is 464 g/mol. The SMILES string of the molecule is CCCCc1cc(C[C@H](N)C(=O)O)cc(CCCC)c1Oc1ccc(O)c(Br)c1. The van der Waals surface area contributed by atoms with Crippen LogP contribution in [0.1, 0.15) is 56.2 Å². The van der Waals surface area contributed by atoms with Crippen LogP contribution in [0.15, 0.2) is 34.8 Å². The monoisotopic (exact) mass is 463 g/mol. The van der Waals surface area contributed by atoms with Crippen LogP contribution in [-0.4, -0.2) is 22.2 Å². The maximum absolute atomic E-state index is 11.2. The van der Waals surface area contributed by atoms with Crippen LogP contribution in [0.2, 0.25) is 0 Å². The van der Waals surface area contributed by atoms with Crippen molar-refractivity contribution in [1.29, 1.82) is 0 Å². The van der Waals surface area contributed by atoms with Gasteiger partial charge in [-0.15, -0.1) is 0 Å². The molecule has 0 aromatic heterocycles. The van der Waals surface area contributed by atoms with Crippen LogP contribution in [-0.2, 0) is 24.1 Å². The van der Waals surface area contributed by atoms with Crippen molar-refractivity contribution >= 4 is 21.9 Å². The second-order valence-electron chi connectivity index (χ2n) is 7.31. The number of phenols is 1. The van der Waals surface area contributed by atoms with Crippen LogP contribution in [0.5, 0.6) is 17.2 Å². The topological polar surface area (TPSA) is 92.8 Å². The third-order valence-corrected chi connectivity index (χ3v) is 5.45. The van der Waals surface area contributed by atoms with Gasteiger partial charge in [0.2, 0.25) is 0 Å². The van der Waals surface area contributed by atoms with E-state index in [0.29, 0.717) is 16.6 Å². The number of halogens is 1. The molecule has 0 bridgehead atoms. The number of phenolic OH excluding ortho intramolecular Hbond substituents is 1. The first-order chi connectivity index (χ1) is 13.8. The van der Waals surface area contributed by atoms with Crippen molar-refractivity contribution in [3.63, 3.8) is 0 Å². The van der Waals surface area contributed by atoms with Crippen molar-refractivity contribution < 1.29 is 19.7 Å². The van der Waals surface area contributed by atoms with Crippen LogP contribution < -0.4 is 10.5 Å². The highest BCUT2D eigenvalue weighted by molar-refractivity contribution is 9.10. The molecule has 0 saturated heterocycles. The molecule has 158 valence electrons. The smallest absolute Gasteiger partial charge is 0.320 e. The standard InChI is InChI=1S/C23H30BrNO4/c1-3-5-7-16-11-15(13-20(25)23(27)28)12-17(8-6-4-2)22(16)29-18-9-10-21(26)19(24)14-18/h9-12,14,20,26H,3-8,13,25H2,1-2H3,(H,27,28)/t20-/m0/s1. The normalized spacial score (nSPS) is 12.0. The Morgan fingerprint density at radius 1 is 1.10 bits per heavy atom. The number of aromatic hydroxyl groups is 1. The number of carboxylic acid groups (broad SMARTS) is 1. The van der Waals surface area contributed by atoms with Gasteiger partial charge < -0.3 is 20.7 Å². The molecule has 0 spiro atoms. The molecule has 2 rings (SSSR count). The zero-order valence-electron chi connectivity index (χ0n) is 17.1. The fourth-order valence-electron chi connectivity index (χ4n) is 3.19. The predicted octanol–water partition coefficient (Wildman–Crippen LogP) is 5.59. The number of unbranched alkanes of at least 4 members (excludes halogenated alkanes) is 2. The molecule has 0 amide bonds. The van der Waals surface area contributed by atoms with E-state index in [9.17, 15) is 15.0 Å². The quantitative estimate of drug-likeness (QED) is 0.403. The first-order valence-corrected chi connectivity index (χ1v) is 10.9. The Labute approximate surface area is 181 Å². The van der Waals surface area contributed by atoms with Gasteiger partial charge in [-0.25, -0.2) is 0 Å². The second-order valence-corrected chi connectivity index (χ2v) is 8.17. The zero-order valence-corrected chi connectivity index (χ0v) is 18.7. The van der Waals surface area contributed by atoms with Crippen LogP contribution in [0.3, 0.4) is 0 Å². The summed E-state index contributed by atoms with van der Waals surface area (Å²) in [6, 6.07) is 8.21. The van der Waals surface area contributed by atoms with Crippen LogP contribution in [0, 0.1) is 0 Å². The Morgan fingerprint density at radius 2 is 1.69 bits per heavy atom. The summed E-state index contributed by atoms with van der Waals surface area (Å²) >= 11 is 3.33. The number of ether oxygens (including phenoxy) is 1. The largest absolute Gasteiger partial charge is 0.507 e. The van der Waals surface area contributed by atoms with Gasteiger partial charge in [-0.2, -0.15) is 0 Å². The van der Waals surface area contributed by atoms with Crippen molar-refractivity contribution in [1.82, 2.24) is 0 Å². The van der Waals surface area contributed by atoms with E-state index in [4.69, 9.17) is 10.5 Å². The fraction of sp³-hybridized carbons (Fsp3) is 0.435. The van der Waals surface area contributed by atoms with Crippen molar-refractivity contribution in [2.45, 2.75) is 64.8 Å². The van der Waals surface area contributed by atoms with Crippen molar-refractivity contribution in [3.8, 4) is 17.2 Å². The molecule has 5 nitrogen and oxygen atoms in total. The molecule has 2 aromatic carbocycles. The highest BCUT2D eigenvalue weighted by Gasteiger charge is 2.18. The molecule has 0 saturated carbocycles. The third-order valence-electron chi connectivity index (χ3n) is 4.81. The minimum atomic E-state index is -0.996. The highest BCUT2D eigenvalue weighted by Crippen LogP contribution is 2.36. The van der Waals surface area contributed by atoms with Crippen LogP contribution in [0.25, 0.3) is 0 Å². The van der Waals surface area contributed by atoms with E-state index in [-0.39, 0.29) is 5.75 Å². The molecule has 4 N–H and O–H groups in total. The van der Waals surface area contributed by atoms with Gasteiger partial charge in [-0.3, -0.25) is 4.79 Å². The Kier molecular flexibility index (Phi) is 8.99.